The van der Waals surface area contributed by atoms with Gasteiger partial charge < -0.3 is 22.5 Å². The van der Waals surface area contributed by atoms with Crippen LogP contribution in [0.5, 0.6) is 0 Å². The highest BCUT2D eigenvalue weighted by Gasteiger charge is 2.09. The Labute approximate surface area is 137 Å². The molecule has 7 N–H and O–H groups in total. The number of aliphatic imine (C=N–C) groups is 2. The first-order valence-electron chi connectivity index (χ1n) is 6.55. The van der Waals surface area contributed by atoms with Gasteiger partial charge in [-0.2, -0.15) is 4.99 Å². The Hall–Kier alpha value is -3.06. The molecule has 2 aromatic carbocycles. The van der Waals surface area contributed by atoms with Crippen molar-refractivity contribution in [3.63, 3.8) is 0 Å². The number of halogens is 1. The van der Waals surface area contributed by atoms with Crippen molar-refractivity contribution in [1.29, 1.82) is 0 Å². The van der Waals surface area contributed by atoms with Gasteiger partial charge >= 0.3 is 0 Å². The van der Waals surface area contributed by atoms with E-state index in [4.69, 9.17) is 28.8 Å². The molecule has 0 unspecified atom stereocenters. The number of nitrogens with two attached hydrogens (primary N) is 3. The van der Waals surface area contributed by atoms with E-state index in [-0.39, 0.29) is 17.8 Å². The van der Waals surface area contributed by atoms with E-state index in [0.717, 1.165) is 0 Å². The second-order valence-corrected chi connectivity index (χ2v) is 4.90. The van der Waals surface area contributed by atoms with E-state index in [1.165, 1.54) is 0 Å². The molecule has 7 nitrogen and oxygen atoms in total. The molecular formula is C15H15ClN6O. The van der Waals surface area contributed by atoms with E-state index < -0.39 is 0 Å². The summed E-state index contributed by atoms with van der Waals surface area (Å²) in [7, 11) is 0. The predicted octanol–water partition coefficient (Wildman–Crippen LogP) is 1.81. The number of nitrogens with one attached hydrogen (secondary N) is 1. The molecule has 0 bridgehead atoms. The van der Waals surface area contributed by atoms with Gasteiger partial charge in [0, 0.05) is 5.69 Å². The number of nitrogens with zero attached hydrogens (tertiary/aromatic N) is 2. The molecule has 0 saturated carbocycles. The molecular weight excluding hydrogens is 316 g/mol. The van der Waals surface area contributed by atoms with Crippen LogP contribution in [0.1, 0.15) is 10.4 Å². The molecule has 0 fully saturated rings. The van der Waals surface area contributed by atoms with Crippen molar-refractivity contribution >= 4 is 40.8 Å². The van der Waals surface area contributed by atoms with Gasteiger partial charge in [-0.15, -0.1) is 0 Å². The predicted molar refractivity (Wildman–Crippen MR) is 92.9 cm³/mol. The number of guanidine groups is 2. The van der Waals surface area contributed by atoms with Crippen molar-refractivity contribution in [1.82, 2.24) is 0 Å². The average molecular weight is 331 g/mol. The molecule has 2 rings (SSSR count). The maximum Gasteiger partial charge on any atom is 0.257 e. The summed E-state index contributed by atoms with van der Waals surface area (Å²) in [5.41, 5.74) is 17.4. The molecule has 0 atom stereocenters. The summed E-state index contributed by atoms with van der Waals surface area (Å²) in [6.45, 7) is 0. The van der Waals surface area contributed by atoms with E-state index >= 15 is 0 Å². The second kappa shape index (κ2) is 7.28. The van der Waals surface area contributed by atoms with Gasteiger partial charge in [-0.05, 0) is 30.3 Å². The van der Waals surface area contributed by atoms with E-state index in [1.807, 2.05) is 0 Å². The molecule has 0 aliphatic rings. The Bertz CT molecular complexity index is 783. The van der Waals surface area contributed by atoms with E-state index in [9.17, 15) is 4.79 Å². The first-order chi connectivity index (χ1) is 11.0. The third kappa shape index (κ3) is 4.72. The van der Waals surface area contributed by atoms with Gasteiger partial charge in [0.2, 0.25) is 5.96 Å². The van der Waals surface area contributed by atoms with Crippen LogP contribution in [0.4, 0.5) is 11.4 Å². The largest absolute Gasteiger partial charge is 0.370 e. The summed E-state index contributed by atoms with van der Waals surface area (Å²) < 4.78 is 0. The number of carbonyl (C=O) groups is 1. The van der Waals surface area contributed by atoms with Crippen molar-refractivity contribution in [2.24, 2.45) is 27.2 Å². The van der Waals surface area contributed by atoms with Crippen LogP contribution in [0, 0.1) is 0 Å². The lowest BCUT2D eigenvalue weighted by atomic mass is 10.2. The number of hydrogen-bond acceptors (Lipinski definition) is 2. The summed E-state index contributed by atoms with van der Waals surface area (Å²) in [4.78, 5) is 19.8. The summed E-state index contributed by atoms with van der Waals surface area (Å²) in [5.74, 6) is -0.595. The molecule has 23 heavy (non-hydrogen) atoms. The van der Waals surface area contributed by atoms with Crippen LogP contribution in [0.15, 0.2) is 58.5 Å². The number of benzene rings is 2. The number of carbonyl (C=O) groups excluding carboxylic acids is 1. The minimum Gasteiger partial charge on any atom is -0.370 e. The van der Waals surface area contributed by atoms with Gasteiger partial charge in [0.05, 0.1) is 16.3 Å². The molecule has 0 aliphatic carbocycles. The van der Waals surface area contributed by atoms with Crippen LogP contribution >= 0.6 is 11.6 Å². The smallest absolute Gasteiger partial charge is 0.257 e. The van der Waals surface area contributed by atoms with Crippen molar-refractivity contribution in [2.45, 2.75) is 0 Å². The molecule has 0 aliphatic heterocycles. The monoisotopic (exact) mass is 330 g/mol. The Balaban J connectivity index is 2.19. The Morgan fingerprint density at radius 3 is 2.48 bits per heavy atom. The lowest BCUT2D eigenvalue weighted by Gasteiger charge is -2.07. The van der Waals surface area contributed by atoms with Crippen molar-refractivity contribution in [3.8, 4) is 0 Å². The lowest BCUT2D eigenvalue weighted by Crippen LogP contribution is -2.26. The van der Waals surface area contributed by atoms with Gasteiger partial charge in [-0.25, -0.2) is 4.99 Å². The average Bonchev–Trinajstić information content (AvgIpc) is 2.47. The molecule has 0 aromatic heterocycles. The number of anilines is 1. The zero-order valence-electron chi connectivity index (χ0n) is 12.0. The van der Waals surface area contributed by atoms with Crippen LogP contribution in [0.3, 0.4) is 0 Å². The second-order valence-electron chi connectivity index (χ2n) is 4.49. The fourth-order valence-electron chi connectivity index (χ4n) is 1.79. The van der Waals surface area contributed by atoms with E-state index in [1.54, 1.807) is 48.5 Å². The highest BCUT2D eigenvalue weighted by Crippen LogP contribution is 2.20. The summed E-state index contributed by atoms with van der Waals surface area (Å²) >= 11 is 6.00. The fourth-order valence-corrected chi connectivity index (χ4v) is 2.01. The minimum atomic E-state index is -0.325. The van der Waals surface area contributed by atoms with Crippen LogP contribution in [-0.4, -0.2) is 17.8 Å². The topological polar surface area (TPSA) is 132 Å². The SMILES string of the molecule is NC(N)=NC(N)=Nc1cccc(NC(=O)c2ccccc2Cl)c1. The van der Waals surface area contributed by atoms with E-state index in [0.29, 0.717) is 22.0 Å². The van der Waals surface area contributed by atoms with Crippen LogP contribution in [-0.2, 0) is 0 Å². The summed E-state index contributed by atoms with van der Waals surface area (Å²) in [6.07, 6.45) is 0. The summed E-state index contributed by atoms with van der Waals surface area (Å²) in [6, 6.07) is 13.5. The van der Waals surface area contributed by atoms with E-state index in [2.05, 4.69) is 15.3 Å². The van der Waals surface area contributed by atoms with Crippen molar-refractivity contribution in [2.75, 3.05) is 5.32 Å². The maximum atomic E-state index is 12.2. The molecule has 1 amide bonds. The third-order valence-electron chi connectivity index (χ3n) is 2.71. The highest BCUT2D eigenvalue weighted by atomic mass is 35.5. The van der Waals surface area contributed by atoms with Gasteiger partial charge in [0.25, 0.3) is 5.91 Å². The number of hydrogen-bond donors (Lipinski definition) is 4. The maximum absolute atomic E-state index is 12.2. The third-order valence-corrected chi connectivity index (χ3v) is 3.04. The van der Waals surface area contributed by atoms with Crippen molar-refractivity contribution in [3.05, 3.63) is 59.1 Å². The Kier molecular flexibility index (Phi) is 5.16. The zero-order valence-corrected chi connectivity index (χ0v) is 12.8. The highest BCUT2D eigenvalue weighted by molar-refractivity contribution is 6.34. The summed E-state index contributed by atoms with van der Waals surface area (Å²) in [5, 5.41) is 3.11. The van der Waals surface area contributed by atoms with Gasteiger partial charge in [-0.3, -0.25) is 4.79 Å². The van der Waals surface area contributed by atoms with Crippen molar-refractivity contribution < 1.29 is 4.79 Å². The Morgan fingerprint density at radius 1 is 1.04 bits per heavy atom. The van der Waals surface area contributed by atoms with Crippen LogP contribution < -0.4 is 22.5 Å². The zero-order chi connectivity index (χ0) is 16.8. The molecule has 8 heteroatoms. The van der Waals surface area contributed by atoms with Gasteiger partial charge in [0.15, 0.2) is 5.96 Å². The molecule has 118 valence electrons. The Morgan fingerprint density at radius 2 is 1.78 bits per heavy atom. The molecule has 0 spiro atoms. The van der Waals surface area contributed by atoms with Crippen LogP contribution in [0.25, 0.3) is 0 Å². The van der Waals surface area contributed by atoms with Crippen LogP contribution in [0.2, 0.25) is 5.02 Å². The molecule has 0 heterocycles. The molecule has 2 aromatic rings. The fraction of sp³-hybridized carbons (Fsp3) is 0. The quantitative estimate of drug-likeness (QED) is 0.504. The first kappa shape index (κ1) is 16.3. The standard InChI is InChI=1S/C15H15ClN6O/c16-12-7-2-1-6-11(12)13(23)20-9-4-3-5-10(8-9)21-15(19)22-14(17)18/h1-8H,(H,20,23)(H6,17,18,19,21,22). The lowest BCUT2D eigenvalue weighted by molar-refractivity contribution is 0.102. The number of amides is 1. The molecule has 0 radical (unpaired) electrons. The number of rotatable bonds is 3. The first-order valence-corrected chi connectivity index (χ1v) is 6.93. The minimum absolute atomic E-state index is 0.0837. The van der Waals surface area contributed by atoms with Gasteiger partial charge in [-0.1, -0.05) is 29.8 Å². The normalized spacial score (nSPS) is 10.9. The molecule has 0 saturated heterocycles. The van der Waals surface area contributed by atoms with Gasteiger partial charge in [0.1, 0.15) is 0 Å².